The third-order valence-corrected chi connectivity index (χ3v) is 5.42. The zero-order valence-corrected chi connectivity index (χ0v) is 14.8. The summed E-state index contributed by atoms with van der Waals surface area (Å²) >= 11 is 0. The topological polar surface area (TPSA) is 58.4 Å². The molecule has 2 aromatic rings. The average molecular weight is 327 g/mol. The molecular formula is C19H25N3O2. The molecule has 2 amide bonds. The molecule has 2 bridgehead atoms. The van der Waals surface area contributed by atoms with Crippen LogP contribution in [0.2, 0.25) is 0 Å². The maximum Gasteiger partial charge on any atom is 0.322 e. The van der Waals surface area contributed by atoms with Crippen molar-refractivity contribution in [2.24, 2.45) is 10.8 Å². The summed E-state index contributed by atoms with van der Waals surface area (Å²) in [6.45, 7) is 9.63. The van der Waals surface area contributed by atoms with E-state index in [1.165, 1.54) is 6.42 Å². The quantitative estimate of drug-likeness (QED) is 0.834. The first-order valence-corrected chi connectivity index (χ1v) is 8.68. The number of benzene rings is 1. The van der Waals surface area contributed by atoms with Gasteiger partial charge >= 0.3 is 6.03 Å². The molecule has 0 spiro atoms. The molecule has 0 unspecified atom stereocenters. The zero-order valence-electron chi connectivity index (χ0n) is 14.8. The van der Waals surface area contributed by atoms with Gasteiger partial charge in [0.25, 0.3) is 0 Å². The van der Waals surface area contributed by atoms with Gasteiger partial charge in [0, 0.05) is 25.2 Å². The van der Waals surface area contributed by atoms with Gasteiger partial charge in [0.1, 0.15) is 5.52 Å². The van der Waals surface area contributed by atoms with E-state index in [0.29, 0.717) is 17.3 Å². The number of carbonyl (C=O) groups is 1. The molecule has 1 aromatic heterocycles. The Balaban J connectivity index is 1.53. The van der Waals surface area contributed by atoms with Crippen LogP contribution in [-0.2, 0) is 0 Å². The summed E-state index contributed by atoms with van der Waals surface area (Å²) in [5, 5.41) is 3.05. The highest BCUT2D eigenvalue weighted by Crippen LogP contribution is 2.52. The minimum atomic E-state index is 0.000918. The number of carbonyl (C=O) groups excluding carboxylic acids is 1. The number of urea groups is 1. The molecule has 1 aliphatic carbocycles. The number of anilines is 1. The number of hydrogen-bond donors (Lipinski definition) is 1. The van der Waals surface area contributed by atoms with Gasteiger partial charge in [-0.25, -0.2) is 9.78 Å². The van der Waals surface area contributed by atoms with E-state index in [0.717, 1.165) is 36.2 Å². The highest BCUT2D eigenvalue weighted by Gasteiger charge is 2.51. The van der Waals surface area contributed by atoms with Gasteiger partial charge in [-0.1, -0.05) is 20.8 Å². The summed E-state index contributed by atoms with van der Waals surface area (Å²) in [6.07, 6.45) is 3.38. The first kappa shape index (κ1) is 15.5. The second kappa shape index (κ2) is 4.98. The number of hydrogen-bond acceptors (Lipinski definition) is 3. The predicted octanol–water partition coefficient (Wildman–Crippen LogP) is 4.57. The smallest absolute Gasteiger partial charge is 0.322 e. The van der Waals surface area contributed by atoms with Crippen molar-refractivity contribution in [3.05, 3.63) is 24.1 Å². The lowest BCUT2D eigenvalue weighted by Crippen LogP contribution is -2.40. The van der Waals surface area contributed by atoms with E-state index >= 15 is 0 Å². The van der Waals surface area contributed by atoms with Gasteiger partial charge in [-0.15, -0.1) is 0 Å². The minimum absolute atomic E-state index is 0.000918. The monoisotopic (exact) mass is 327 g/mol. The maximum absolute atomic E-state index is 12.8. The van der Waals surface area contributed by atoms with Crippen molar-refractivity contribution in [2.45, 2.75) is 53.0 Å². The molecule has 5 nitrogen and oxygen atoms in total. The van der Waals surface area contributed by atoms with Crippen molar-refractivity contribution in [3.63, 3.8) is 0 Å². The highest BCUT2D eigenvalue weighted by molar-refractivity contribution is 5.92. The number of aromatic nitrogens is 1. The fourth-order valence-electron chi connectivity index (χ4n) is 5.01. The van der Waals surface area contributed by atoms with Crippen molar-refractivity contribution < 1.29 is 9.21 Å². The Kier molecular flexibility index (Phi) is 3.21. The fraction of sp³-hybridized carbons (Fsp3) is 0.579. The van der Waals surface area contributed by atoms with Gasteiger partial charge in [0.2, 0.25) is 0 Å². The van der Waals surface area contributed by atoms with Gasteiger partial charge in [-0.2, -0.15) is 0 Å². The molecule has 1 aromatic carbocycles. The largest absolute Gasteiger partial charge is 0.441 e. The van der Waals surface area contributed by atoms with Crippen molar-refractivity contribution in [1.82, 2.24) is 9.88 Å². The molecule has 1 saturated carbocycles. The van der Waals surface area contributed by atoms with Crippen LogP contribution in [0.3, 0.4) is 0 Å². The highest BCUT2D eigenvalue weighted by atomic mass is 16.3. The Morgan fingerprint density at radius 2 is 2.12 bits per heavy atom. The lowest BCUT2D eigenvalue weighted by molar-refractivity contribution is 0.130. The summed E-state index contributed by atoms with van der Waals surface area (Å²) in [5.41, 5.74) is 2.85. The van der Waals surface area contributed by atoms with Crippen LogP contribution in [-0.4, -0.2) is 28.5 Å². The molecule has 2 fully saturated rings. The van der Waals surface area contributed by atoms with Crippen molar-refractivity contribution >= 4 is 22.8 Å². The van der Waals surface area contributed by atoms with E-state index in [-0.39, 0.29) is 11.4 Å². The van der Waals surface area contributed by atoms with Gasteiger partial charge in [0.15, 0.2) is 11.5 Å². The maximum atomic E-state index is 12.8. The van der Waals surface area contributed by atoms with Gasteiger partial charge in [-0.05, 0) is 48.3 Å². The van der Waals surface area contributed by atoms with Crippen LogP contribution >= 0.6 is 0 Å². The number of rotatable bonds is 1. The number of aryl methyl sites for hydroxylation is 1. The van der Waals surface area contributed by atoms with E-state index in [1.807, 2.05) is 30.0 Å². The van der Waals surface area contributed by atoms with Gasteiger partial charge in [0.05, 0.1) is 0 Å². The van der Waals surface area contributed by atoms with Crippen LogP contribution in [0.15, 0.2) is 22.6 Å². The van der Waals surface area contributed by atoms with E-state index in [4.69, 9.17) is 4.42 Å². The molecule has 128 valence electrons. The van der Waals surface area contributed by atoms with Crippen LogP contribution in [0.4, 0.5) is 10.5 Å². The van der Waals surface area contributed by atoms with Crippen LogP contribution < -0.4 is 5.32 Å². The van der Waals surface area contributed by atoms with Crippen molar-refractivity contribution in [2.75, 3.05) is 11.9 Å². The first-order valence-electron chi connectivity index (χ1n) is 8.68. The van der Waals surface area contributed by atoms with Crippen LogP contribution in [0, 0.1) is 17.8 Å². The summed E-state index contributed by atoms with van der Waals surface area (Å²) in [4.78, 5) is 19.2. The Morgan fingerprint density at radius 3 is 2.92 bits per heavy atom. The molecule has 0 radical (unpaired) electrons. The number of nitrogens with zero attached hydrogens (tertiary/aromatic N) is 2. The lowest BCUT2D eigenvalue weighted by atomic mass is 9.65. The Morgan fingerprint density at radius 1 is 1.33 bits per heavy atom. The standard InChI is InChI=1S/C19H25N3O2/c1-12-20-15-7-13(5-6-16(15)24-12)21-17(23)22-11-19(4)9-14(22)8-18(2,3)10-19/h5-7,14H,8-11H2,1-4H3,(H,21,23)/t14-,19-/m1/s1. The zero-order chi connectivity index (χ0) is 17.1. The molecule has 1 N–H and O–H groups in total. The van der Waals surface area contributed by atoms with E-state index < -0.39 is 0 Å². The Bertz CT molecular complexity index is 810. The normalized spacial score (nSPS) is 28.3. The first-order chi connectivity index (χ1) is 11.2. The third kappa shape index (κ3) is 2.66. The summed E-state index contributed by atoms with van der Waals surface area (Å²) in [6, 6.07) is 5.95. The van der Waals surface area contributed by atoms with Crippen LogP contribution in [0.1, 0.15) is 45.9 Å². The van der Waals surface area contributed by atoms with Gasteiger partial charge in [-0.3, -0.25) is 0 Å². The minimum Gasteiger partial charge on any atom is -0.441 e. The molecule has 1 saturated heterocycles. The summed E-state index contributed by atoms with van der Waals surface area (Å²) in [5.74, 6) is 0.636. The van der Waals surface area contributed by atoms with Crippen molar-refractivity contribution in [1.29, 1.82) is 0 Å². The number of oxazole rings is 1. The number of amides is 2. The molecule has 5 heteroatoms. The molecular weight excluding hydrogens is 302 g/mol. The van der Waals surface area contributed by atoms with Gasteiger partial charge < -0.3 is 14.6 Å². The second-order valence-corrected chi connectivity index (χ2v) is 8.69. The number of fused-ring (bicyclic) bond motifs is 3. The van der Waals surface area contributed by atoms with E-state index in [1.54, 1.807) is 0 Å². The molecule has 2 aliphatic rings. The molecule has 2 atom stereocenters. The third-order valence-electron chi connectivity index (χ3n) is 5.42. The lowest BCUT2D eigenvalue weighted by Gasteiger charge is -2.39. The van der Waals surface area contributed by atoms with E-state index in [9.17, 15) is 4.79 Å². The molecule has 24 heavy (non-hydrogen) atoms. The fourth-order valence-corrected chi connectivity index (χ4v) is 5.01. The molecule has 4 rings (SSSR count). The van der Waals surface area contributed by atoms with E-state index in [2.05, 4.69) is 31.1 Å². The molecule has 1 aliphatic heterocycles. The second-order valence-electron chi connectivity index (χ2n) is 8.69. The Hall–Kier alpha value is -2.04. The average Bonchev–Trinajstić information content (AvgIpc) is 2.93. The van der Waals surface area contributed by atoms with Crippen LogP contribution in [0.25, 0.3) is 11.1 Å². The molecule has 2 heterocycles. The summed E-state index contributed by atoms with van der Waals surface area (Å²) in [7, 11) is 0. The Labute approximate surface area is 142 Å². The SMILES string of the molecule is Cc1nc2cc(NC(=O)N3C[C@]4(C)C[C@H]3CC(C)(C)C4)ccc2o1. The number of likely N-dealkylation sites (tertiary alicyclic amines) is 1. The summed E-state index contributed by atoms with van der Waals surface area (Å²) < 4.78 is 5.49. The van der Waals surface area contributed by atoms with Crippen LogP contribution in [0.5, 0.6) is 0 Å². The number of nitrogens with one attached hydrogen (secondary N) is 1. The van der Waals surface area contributed by atoms with Crippen molar-refractivity contribution in [3.8, 4) is 0 Å². The predicted molar refractivity (Wildman–Crippen MR) is 94.0 cm³/mol.